The molecular weight excluding hydrogens is 196 g/mol. The highest BCUT2D eigenvalue weighted by Crippen LogP contribution is 2.27. The fourth-order valence-electron chi connectivity index (χ4n) is 0.558. The molecule has 4 heteroatoms. The molecule has 1 aromatic carbocycles. The lowest BCUT2D eigenvalue weighted by molar-refractivity contribution is 0.472. The van der Waals surface area contributed by atoms with Gasteiger partial charge in [-0.05, 0) is 22.0 Å². The molecule has 0 unspecified atom stereocenters. The highest BCUT2D eigenvalue weighted by molar-refractivity contribution is 9.10. The van der Waals surface area contributed by atoms with Crippen molar-refractivity contribution in [2.45, 2.75) is 0 Å². The molecule has 0 radical (unpaired) electrons. The maximum absolute atomic E-state index is 8.97. The number of hydrogen-bond acceptors (Lipinski definition) is 2. The monoisotopic (exact) mass is 199 g/mol. The average molecular weight is 200 g/mol. The summed E-state index contributed by atoms with van der Waals surface area (Å²) in [4.78, 5) is 2.93. The van der Waals surface area contributed by atoms with Gasteiger partial charge < -0.3 is 5.11 Å². The van der Waals surface area contributed by atoms with Gasteiger partial charge in [-0.2, -0.15) is 0 Å². The van der Waals surface area contributed by atoms with Crippen LogP contribution in [0.4, 0.5) is 5.69 Å². The van der Waals surface area contributed by atoms with Gasteiger partial charge in [-0.15, -0.1) is 0 Å². The molecule has 0 fully saturated rings. The second-order valence-electron chi connectivity index (χ2n) is 1.74. The first-order valence-corrected chi connectivity index (χ1v) is 3.37. The van der Waals surface area contributed by atoms with Crippen molar-refractivity contribution in [3.05, 3.63) is 27.6 Å². The molecule has 0 amide bonds. The van der Waals surface area contributed by atoms with Gasteiger partial charge >= 0.3 is 5.69 Å². The molecule has 1 rings (SSSR count). The van der Waals surface area contributed by atoms with Crippen LogP contribution in [0.3, 0.4) is 0 Å². The summed E-state index contributed by atoms with van der Waals surface area (Å²) in [5, 5.41) is 17.2. The molecule has 10 heavy (non-hydrogen) atoms. The van der Waals surface area contributed by atoms with Gasteiger partial charge in [-0.3, -0.25) is 0 Å². The summed E-state index contributed by atoms with van der Waals surface area (Å²) in [6.45, 7) is 0. The Balaban J connectivity index is 3.20. The summed E-state index contributed by atoms with van der Waals surface area (Å²) in [6, 6.07) is 4.45. The summed E-state index contributed by atoms with van der Waals surface area (Å²) in [7, 11) is 0. The molecule has 0 heterocycles. The SMILES string of the molecule is N#[N+]c1ccc(O)c(Br)c1. The van der Waals surface area contributed by atoms with Gasteiger partial charge in [0.25, 0.3) is 0 Å². The summed E-state index contributed by atoms with van der Waals surface area (Å²) in [5.41, 5.74) is 0.407. The largest absolute Gasteiger partial charge is 0.507 e. The van der Waals surface area contributed by atoms with Crippen LogP contribution in [0.15, 0.2) is 22.7 Å². The number of nitrogens with zero attached hydrogens (tertiary/aromatic N) is 2. The molecule has 50 valence electrons. The standard InChI is InChI=1S/C6H3BrN2O/c7-5-3-4(9-8)1-2-6(5)10/h1-3H/p+1. The number of halogens is 1. The lowest BCUT2D eigenvalue weighted by Crippen LogP contribution is -1.65. The predicted octanol–water partition coefficient (Wildman–Crippen LogP) is 2.64. The third-order valence-electron chi connectivity index (χ3n) is 1.05. The van der Waals surface area contributed by atoms with E-state index in [4.69, 9.17) is 10.5 Å². The Morgan fingerprint density at radius 1 is 1.50 bits per heavy atom. The number of phenolic OH excluding ortho intramolecular Hbond substituents is 1. The topological polar surface area (TPSA) is 48.4 Å². The van der Waals surface area contributed by atoms with Crippen LogP contribution in [-0.4, -0.2) is 5.11 Å². The Morgan fingerprint density at radius 3 is 2.70 bits per heavy atom. The number of rotatable bonds is 0. The van der Waals surface area contributed by atoms with E-state index in [1.165, 1.54) is 18.2 Å². The van der Waals surface area contributed by atoms with Crippen LogP contribution in [0.2, 0.25) is 0 Å². The molecule has 3 nitrogen and oxygen atoms in total. The van der Waals surface area contributed by atoms with Gasteiger partial charge in [-0.25, -0.2) is 0 Å². The molecule has 1 N–H and O–H groups in total. The van der Waals surface area contributed by atoms with E-state index in [1.54, 1.807) is 0 Å². The first-order chi connectivity index (χ1) is 4.74. The van der Waals surface area contributed by atoms with Crippen LogP contribution < -0.4 is 0 Å². The normalized spacial score (nSPS) is 8.80. The smallest absolute Gasteiger partial charge is 0.386 e. The molecule has 0 aliphatic carbocycles. The Morgan fingerprint density at radius 2 is 2.20 bits per heavy atom. The van der Waals surface area contributed by atoms with E-state index in [0.717, 1.165) is 0 Å². The summed E-state index contributed by atoms with van der Waals surface area (Å²) >= 11 is 3.07. The quantitative estimate of drug-likeness (QED) is 0.654. The van der Waals surface area contributed by atoms with E-state index in [-0.39, 0.29) is 5.75 Å². The second-order valence-corrected chi connectivity index (χ2v) is 2.59. The third-order valence-corrected chi connectivity index (χ3v) is 1.68. The van der Waals surface area contributed by atoms with Crippen LogP contribution in [-0.2, 0) is 0 Å². The van der Waals surface area contributed by atoms with E-state index in [9.17, 15) is 0 Å². The van der Waals surface area contributed by atoms with Gasteiger partial charge in [0, 0.05) is 6.07 Å². The Bertz CT molecular complexity index is 292. The Labute approximate surface area is 66.1 Å². The van der Waals surface area contributed by atoms with Crippen molar-refractivity contribution >= 4 is 21.6 Å². The van der Waals surface area contributed by atoms with E-state index >= 15 is 0 Å². The van der Waals surface area contributed by atoms with Crippen molar-refractivity contribution < 1.29 is 5.11 Å². The molecule has 0 aliphatic rings. The molecule has 0 aromatic heterocycles. The first kappa shape index (κ1) is 7.03. The van der Waals surface area contributed by atoms with Crippen molar-refractivity contribution in [3.8, 4) is 5.75 Å². The fourth-order valence-corrected chi connectivity index (χ4v) is 0.925. The lowest BCUT2D eigenvalue weighted by Gasteiger charge is -1.89. The zero-order valence-corrected chi connectivity index (χ0v) is 6.54. The number of phenols is 1. The van der Waals surface area contributed by atoms with E-state index in [2.05, 4.69) is 20.9 Å². The molecule has 0 aliphatic heterocycles. The number of diazo groups is 1. The Kier molecular flexibility index (Phi) is 1.88. The highest BCUT2D eigenvalue weighted by Gasteiger charge is 2.06. The van der Waals surface area contributed by atoms with E-state index in [1.807, 2.05) is 0 Å². The molecule has 0 saturated carbocycles. The average Bonchev–Trinajstić information content (AvgIpc) is 1.95. The van der Waals surface area contributed by atoms with Crippen LogP contribution in [0, 0.1) is 5.39 Å². The molecule has 0 saturated heterocycles. The number of aromatic hydroxyl groups is 1. The predicted molar refractivity (Wildman–Crippen MR) is 40.6 cm³/mol. The molecular formula is C6H4BrN2O+. The van der Waals surface area contributed by atoms with E-state index < -0.39 is 0 Å². The summed E-state index contributed by atoms with van der Waals surface area (Å²) in [6.07, 6.45) is 0. The minimum atomic E-state index is 0.132. The first-order valence-electron chi connectivity index (χ1n) is 2.57. The van der Waals surface area contributed by atoms with Crippen molar-refractivity contribution in [3.63, 3.8) is 0 Å². The summed E-state index contributed by atoms with van der Waals surface area (Å²) < 4.78 is 0.516. The van der Waals surface area contributed by atoms with Crippen molar-refractivity contribution in [1.29, 1.82) is 5.39 Å². The van der Waals surface area contributed by atoms with Crippen molar-refractivity contribution in [2.24, 2.45) is 0 Å². The maximum atomic E-state index is 8.97. The van der Waals surface area contributed by atoms with Crippen molar-refractivity contribution in [2.75, 3.05) is 0 Å². The number of benzene rings is 1. The van der Waals surface area contributed by atoms with Crippen molar-refractivity contribution in [1.82, 2.24) is 0 Å². The second kappa shape index (κ2) is 2.67. The Hall–Kier alpha value is -1.08. The number of hydrogen-bond donors (Lipinski definition) is 1. The van der Waals surface area contributed by atoms with Gasteiger partial charge in [0.2, 0.25) is 5.39 Å². The summed E-state index contributed by atoms with van der Waals surface area (Å²) in [5.74, 6) is 0.132. The van der Waals surface area contributed by atoms with Crippen LogP contribution in [0.5, 0.6) is 5.75 Å². The maximum Gasteiger partial charge on any atom is 0.386 e. The fraction of sp³-hybridized carbons (Fsp3) is 0. The molecule has 0 bridgehead atoms. The van der Waals surface area contributed by atoms with Gasteiger partial charge in [0.1, 0.15) is 5.75 Å². The lowest BCUT2D eigenvalue weighted by atomic mass is 10.3. The van der Waals surface area contributed by atoms with Crippen LogP contribution >= 0.6 is 15.9 Å². The van der Waals surface area contributed by atoms with Crippen LogP contribution in [0.1, 0.15) is 0 Å². The van der Waals surface area contributed by atoms with Gasteiger partial charge in [-0.1, -0.05) is 0 Å². The molecule has 0 atom stereocenters. The van der Waals surface area contributed by atoms with Crippen LogP contribution in [0.25, 0.3) is 4.98 Å². The van der Waals surface area contributed by atoms with E-state index in [0.29, 0.717) is 10.2 Å². The third kappa shape index (κ3) is 1.25. The zero-order valence-electron chi connectivity index (χ0n) is 4.95. The van der Waals surface area contributed by atoms with Gasteiger partial charge in [0.15, 0.2) is 4.98 Å². The molecule has 1 aromatic rings. The minimum absolute atomic E-state index is 0.132. The van der Waals surface area contributed by atoms with Gasteiger partial charge in [0.05, 0.1) is 10.5 Å². The zero-order chi connectivity index (χ0) is 7.56. The minimum Gasteiger partial charge on any atom is -0.507 e. The molecule has 0 spiro atoms. The highest BCUT2D eigenvalue weighted by atomic mass is 79.9.